The van der Waals surface area contributed by atoms with Gasteiger partial charge >= 0.3 is 0 Å². The summed E-state index contributed by atoms with van der Waals surface area (Å²) in [6.45, 7) is 6.77. The molecule has 4 aliphatic heterocycles. The summed E-state index contributed by atoms with van der Waals surface area (Å²) in [6.07, 6.45) is 3.07. The lowest BCUT2D eigenvalue weighted by Crippen LogP contribution is -2.70. The SMILES string of the molecule is C[C@H]1C(OCc2ccc(C(=O)NN)cc2)OC2O[C@@]3(C)CCC4[C@H](C)CCC1[C@@]24OO3. The van der Waals surface area contributed by atoms with Crippen LogP contribution in [0.1, 0.15) is 62.4 Å². The van der Waals surface area contributed by atoms with E-state index in [2.05, 4.69) is 19.3 Å². The zero-order valence-corrected chi connectivity index (χ0v) is 18.3. The Balaban J connectivity index is 1.34. The standard InChI is InChI=1S/C23H32N2O6/c1-13-4-9-18-14(2)20(27-12-15-5-7-16(8-6-15)19(26)25-24)28-21-23(18)17(13)10-11-22(3,29-21)30-31-23/h5-8,13-14,17-18,20-21H,4,9-12,24H2,1-3H3,(H,25,26)/t13-,14-,17?,18?,20?,21?,22-,23-/m1/s1. The van der Waals surface area contributed by atoms with Crippen LogP contribution in [0, 0.1) is 23.7 Å². The Morgan fingerprint density at radius 3 is 2.68 bits per heavy atom. The molecule has 31 heavy (non-hydrogen) atoms. The number of hydrazine groups is 1. The molecule has 1 spiro atoms. The molecule has 0 aromatic heterocycles. The third-order valence-corrected chi connectivity index (χ3v) is 7.86. The predicted molar refractivity (Wildman–Crippen MR) is 110 cm³/mol. The maximum Gasteiger partial charge on any atom is 0.265 e. The summed E-state index contributed by atoms with van der Waals surface area (Å²) >= 11 is 0. The van der Waals surface area contributed by atoms with Gasteiger partial charge in [-0.3, -0.25) is 10.2 Å². The van der Waals surface area contributed by atoms with Crippen LogP contribution in [0.2, 0.25) is 0 Å². The molecule has 1 saturated carbocycles. The van der Waals surface area contributed by atoms with Crippen LogP contribution in [0.5, 0.6) is 0 Å². The number of rotatable bonds is 4. The molecule has 170 valence electrons. The second-order valence-corrected chi connectivity index (χ2v) is 9.76. The van der Waals surface area contributed by atoms with Crippen molar-refractivity contribution in [1.82, 2.24) is 5.43 Å². The molecule has 4 saturated heterocycles. The summed E-state index contributed by atoms with van der Waals surface area (Å²) in [6, 6.07) is 7.18. The van der Waals surface area contributed by atoms with Crippen LogP contribution in [0.3, 0.4) is 0 Å². The van der Waals surface area contributed by atoms with Crippen molar-refractivity contribution >= 4 is 5.91 Å². The lowest BCUT2D eigenvalue weighted by molar-refractivity contribution is -0.577. The van der Waals surface area contributed by atoms with Gasteiger partial charge in [-0.25, -0.2) is 15.6 Å². The zero-order valence-electron chi connectivity index (χ0n) is 18.3. The first kappa shape index (κ1) is 21.3. The molecule has 8 atom stereocenters. The molecule has 8 heteroatoms. The van der Waals surface area contributed by atoms with E-state index in [1.165, 1.54) is 0 Å². The maximum absolute atomic E-state index is 11.6. The van der Waals surface area contributed by atoms with Gasteiger partial charge in [-0.05, 0) is 55.7 Å². The number of nitrogens with two attached hydrogens (primary N) is 1. The number of nitrogen functional groups attached to an aromatic ring is 1. The van der Waals surface area contributed by atoms with Gasteiger partial charge in [-0.2, -0.15) is 0 Å². The lowest BCUT2D eigenvalue weighted by Gasteiger charge is -2.60. The normalized spacial score (nSPS) is 43.7. The van der Waals surface area contributed by atoms with Crippen molar-refractivity contribution in [2.45, 2.75) is 77.0 Å². The van der Waals surface area contributed by atoms with Crippen molar-refractivity contribution in [3.05, 3.63) is 35.4 Å². The molecular formula is C23H32N2O6. The molecule has 4 heterocycles. The largest absolute Gasteiger partial charge is 0.348 e. The van der Waals surface area contributed by atoms with Crippen molar-refractivity contribution < 1.29 is 28.8 Å². The fraction of sp³-hybridized carbons (Fsp3) is 0.696. The molecule has 1 aliphatic carbocycles. The van der Waals surface area contributed by atoms with E-state index in [-0.39, 0.29) is 17.7 Å². The van der Waals surface area contributed by atoms with Gasteiger partial charge in [0.05, 0.1) is 6.61 Å². The first-order valence-electron chi connectivity index (χ1n) is 11.3. The second kappa shape index (κ2) is 7.79. The molecule has 8 nitrogen and oxygen atoms in total. The van der Waals surface area contributed by atoms with Crippen LogP contribution in [0.25, 0.3) is 0 Å². The summed E-state index contributed by atoms with van der Waals surface area (Å²) in [4.78, 5) is 23.6. The number of benzene rings is 1. The van der Waals surface area contributed by atoms with Crippen LogP contribution in [-0.2, 0) is 30.6 Å². The first-order chi connectivity index (χ1) is 14.9. The summed E-state index contributed by atoms with van der Waals surface area (Å²) in [5, 5.41) is 0. The van der Waals surface area contributed by atoms with Gasteiger partial charge < -0.3 is 14.2 Å². The van der Waals surface area contributed by atoms with E-state index in [0.29, 0.717) is 24.0 Å². The zero-order chi connectivity index (χ0) is 21.8. The van der Waals surface area contributed by atoms with Crippen LogP contribution in [-0.4, -0.2) is 29.9 Å². The van der Waals surface area contributed by atoms with Crippen molar-refractivity contribution in [2.24, 2.45) is 29.5 Å². The Bertz CT molecular complexity index is 834. The van der Waals surface area contributed by atoms with Gasteiger partial charge in [0.1, 0.15) is 0 Å². The molecule has 5 fully saturated rings. The quantitative estimate of drug-likeness (QED) is 0.326. The van der Waals surface area contributed by atoms with Crippen molar-refractivity contribution in [2.75, 3.05) is 0 Å². The molecule has 2 bridgehead atoms. The minimum atomic E-state index is -0.790. The highest BCUT2D eigenvalue weighted by atomic mass is 17.3. The van der Waals surface area contributed by atoms with Crippen molar-refractivity contribution in [1.29, 1.82) is 0 Å². The van der Waals surface area contributed by atoms with Gasteiger partial charge in [0, 0.05) is 23.8 Å². The summed E-state index contributed by atoms with van der Waals surface area (Å²) in [5.41, 5.74) is 3.01. The lowest BCUT2D eigenvalue weighted by atomic mass is 9.58. The molecule has 1 aromatic carbocycles. The molecule has 0 radical (unpaired) electrons. The fourth-order valence-corrected chi connectivity index (χ4v) is 6.08. The Morgan fingerprint density at radius 2 is 1.94 bits per heavy atom. The number of amides is 1. The summed E-state index contributed by atoms with van der Waals surface area (Å²) in [7, 11) is 0. The average molecular weight is 433 g/mol. The second-order valence-electron chi connectivity index (χ2n) is 9.76. The number of fused-ring (bicyclic) bond motifs is 2. The van der Waals surface area contributed by atoms with Crippen LogP contribution >= 0.6 is 0 Å². The number of hydrogen-bond donors (Lipinski definition) is 2. The molecule has 1 aromatic rings. The van der Waals surface area contributed by atoms with E-state index in [0.717, 1.165) is 31.2 Å². The Morgan fingerprint density at radius 1 is 1.16 bits per heavy atom. The summed E-state index contributed by atoms with van der Waals surface area (Å²) in [5.74, 6) is 5.31. The molecule has 1 amide bonds. The molecular weight excluding hydrogens is 400 g/mol. The molecule has 6 rings (SSSR count). The maximum atomic E-state index is 11.6. The van der Waals surface area contributed by atoms with E-state index in [1.807, 2.05) is 19.1 Å². The van der Waals surface area contributed by atoms with Crippen LogP contribution < -0.4 is 11.3 Å². The minimum absolute atomic E-state index is 0.128. The number of hydrogen-bond acceptors (Lipinski definition) is 7. The summed E-state index contributed by atoms with van der Waals surface area (Å²) < 4.78 is 19.0. The molecule has 4 unspecified atom stereocenters. The van der Waals surface area contributed by atoms with Crippen LogP contribution in [0.15, 0.2) is 24.3 Å². The predicted octanol–water partition coefficient (Wildman–Crippen LogP) is 3.01. The van der Waals surface area contributed by atoms with E-state index >= 15 is 0 Å². The number of ether oxygens (including phenoxy) is 3. The van der Waals surface area contributed by atoms with E-state index in [1.54, 1.807) is 12.1 Å². The Labute approximate surface area is 182 Å². The number of nitrogens with one attached hydrogen (secondary N) is 1. The van der Waals surface area contributed by atoms with Gasteiger partial charge in [-0.1, -0.05) is 26.0 Å². The van der Waals surface area contributed by atoms with Gasteiger partial charge in [-0.15, -0.1) is 0 Å². The first-order valence-corrected chi connectivity index (χ1v) is 11.3. The highest BCUT2D eigenvalue weighted by molar-refractivity contribution is 5.93. The smallest absolute Gasteiger partial charge is 0.265 e. The molecule has 5 aliphatic rings. The van der Waals surface area contributed by atoms with E-state index in [4.69, 9.17) is 29.8 Å². The number of carbonyl (C=O) groups is 1. The van der Waals surface area contributed by atoms with Crippen molar-refractivity contribution in [3.8, 4) is 0 Å². The third-order valence-electron chi connectivity index (χ3n) is 7.86. The third kappa shape index (κ3) is 3.41. The van der Waals surface area contributed by atoms with Gasteiger partial charge in [0.15, 0.2) is 18.2 Å². The Kier molecular flexibility index (Phi) is 5.36. The van der Waals surface area contributed by atoms with Crippen molar-refractivity contribution in [3.63, 3.8) is 0 Å². The topological polar surface area (TPSA) is 101 Å². The number of carbonyl (C=O) groups excluding carboxylic acids is 1. The van der Waals surface area contributed by atoms with Crippen LogP contribution in [0.4, 0.5) is 0 Å². The highest BCUT2D eigenvalue weighted by Crippen LogP contribution is 2.60. The van der Waals surface area contributed by atoms with Gasteiger partial charge in [0.2, 0.25) is 5.79 Å². The van der Waals surface area contributed by atoms with E-state index in [9.17, 15) is 4.79 Å². The van der Waals surface area contributed by atoms with Gasteiger partial charge in [0.25, 0.3) is 5.91 Å². The Hall–Kier alpha value is -1.55. The average Bonchev–Trinajstić information content (AvgIpc) is 3.01. The highest BCUT2D eigenvalue weighted by Gasteiger charge is 2.69. The van der Waals surface area contributed by atoms with E-state index < -0.39 is 24.0 Å². The minimum Gasteiger partial charge on any atom is -0.348 e. The monoisotopic (exact) mass is 432 g/mol. The molecule has 3 N–H and O–H groups in total. The fourth-order valence-electron chi connectivity index (χ4n) is 6.08.